The molecule has 0 saturated heterocycles. The minimum atomic E-state index is -0.565. The van der Waals surface area contributed by atoms with Crippen molar-refractivity contribution in [2.75, 3.05) is 6.61 Å². The SMILES string of the molecule is CCO.C[C@]12CC[C@@H]3c4ccc(O)cc4CC[C@H]3[C@@H]1C[C@@H](O)[C@@H]2O. The Hall–Kier alpha value is -1.10. The second-order valence-corrected chi connectivity index (χ2v) is 7.91. The number of benzene rings is 1. The van der Waals surface area contributed by atoms with E-state index in [2.05, 4.69) is 13.0 Å². The van der Waals surface area contributed by atoms with Crippen LogP contribution in [0.3, 0.4) is 0 Å². The molecule has 0 bridgehead atoms. The fourth-order valence-corrected chi connectivity index (χ4v) is 5.56. The Labute approximate surface area is 144 Å². The molecule has 0 amide bonds. The highest BCUT2D eigenvalue weighted by atomic mass is 16.3. The quantitative estimate of drug-likeness (QED) is 0.588. The molecule has 2 saturated carbocycles. The van der Waals surface area contributed by atoms with Crippen molar-refractivity contribution < 1.29 is 20.4 Å². The summed E-state index contributed by atoms with van der Waals surface area (Å²) < 4.78 is 0. The van der Waals surface area contributed by atoms with E-state index < -0.39 is 12.2 Å². The number of phenols is 1. The highest BCUT2D eigenvalue weighted by Gasteiger charge is 2.57. The Morgan fingerprint density at radius 2 is 1.92 bits per heavy atom. The predicted molar refractivity (Wildman–Crippen MR) is 92.9 cm³/mol. The van der Waals surface area contributed by atoms with E-state index in [0.717, 1.165) is 32.1 Å². The van der Waals surface area contributed by atoms with Gasteiger partial charge in [-0.15, -0.1) is 0 Å². The van der Waals surface area contributed by atoms with Crippen molar-refractivity contribution >= 4 is 0 Å². The van der Waals surface area contributed by atoms with Gasteiger partial charge in [0.25, 0.3) is 0 Å². The zero-order valence-electron chi connectivity index (χ0n) is 14.7. The molecule has 4 N–H and O–H groups in total. The fraction of sp³-hybridized carbons (Fsp3) is 0.700. The summed E-state index contributed by atoms with van der Waals surface area (Å²) in [6, 6.07) is 5.80. The summed E-state index contributed by atoms with van der Waals surface area (Å²) in [6.07, 6.45) is 3.80. The van der Waals surface area contributed by atoms with Crippen LogP contribution >= 0.6 is 0 Å². The van der Waals surface area contributed by atoms with Crippen molar-refractivity contribution in [3.8, 4) is 5.75 Å². The largest absolute Gasteiger partial charge is 0.508 e. The van der Waals surface area contributed by atoms with Gasteiger partial charge in [-0.2, -0.15) is 0 Å². The molecule has 3 aliphatic carbocycles. The summed E-state index contributed by atoms with van der Waals surface area (Å²) in [5, 5.41) is 37.8. The fourth-order valence-electron chi connectivity index (χ4n) is 5.56. The predicted octanol–water partition coefficient (Wildman–Crippen LogP) is 2.58. The Morgan fingerprint density at radius 1 is 1.21 bits per heavy atom. The van der Waals surface area contributed by atoms with Gasteiger partial charge >= 0.3 is 0 Å². The van der Waals surface area contributed by atoms with Crippen LogP contribution in [0.4, 0.5) is 0 Å². The normalized spacial score (nSPS) is 40.0. The summed E-state index contributed by atoms with van der Waals surface area (Å²) in [5.41, 5.74) is 2.57. The van der Waals surface area contributed by atoms with Crippen molar-refractivity contribution in [2.24, 2.45) is 17.3 Å². The number of hydrogen-bond acceptors (Lipinski definition) is 4. The number of aliphatic hydroxyl groups excluding tert-OH is 3. The van der Waals surface area contributed by atoms with Crippen molar-refractivity contribution in [2.45, 2.75) is 64.1 Å². The summed E-state index contributed by atoms with van der Waals surface area (Å²) in [4.78, 5) is 0. The third kappa shape index (κ3) is 2.75. The molecule has 6 atom stereocenters. The van der Waals surface area contributed by atoms with E-state index >= 15 is 0 Å². The van der Waals surface area contributed by atoms with Crippen LogP contribution in [0, 0.1) is 17.3 Å². The van der Waals surface area contributed by atoms with Gasteiger partial charge < -0.3 is 20.4 Å². The molecule has 0 aliphatic heterocycles. The molecule has 3 aliphatic rings. The Bertz CT molecular complexity index is 587. The monoisotopic (exact) mass is 334 g/mol. The van der Waals surface area contributed by atoms with Crippen LogP contribution in [-0.2, 0) is 6.42 Å². The average molecular weight is 334 g/mol. The van der Waals surface area contributed by atoms with E-state index in [1.807, 2.05) is 6.07 Å². The van der Waals surface area contributed by atoms with Crippen LogP contribution in [0.5, 0.6) is 5.75 Å². The second kappa shape index (κ2) is 6.66. The first-order valence-electron chi connectivity index (χ1n) is 9.21. The minimum Gasteiger partial charge on any atom is -0.508 e. The highest BCUT2D eigenvalue weighted by Crippen LogP contribution is 2.60. The molecular weight excluding hydrogens is 304 g/mol. The van der Waals surface area contributed by atoms with Crippen LogP contribution in [-0.4, -0.2) is 39.2 Å². The van der Waals surface area contributed by atoms with Crippen molar-refractivity contribution in [1.29, 1.82) is 0 Å². The molecule has 1 aromatic rings. The molecule has 4 rings (SSSR count). The maximum Gasteiger partial charge on any atom is 0.115 e. The van der Waals surface area contributed by atoms with E-state index in [4.69, 9.17) is 5.11 Å². The van der Waals surface area contributed by atoms with Gasteiger partial charge in [0.15, 0.2) is 0 Å². The first-order valence-corrected chi connectivity index (χ1v) is 9.21. The zero-order valence-corrected chi connectivity index (χ0v) is 14.7. The van der Waals surface area contributed by atoms with Crippen LogP contribution in [0.15, 0.2) is 18.2 Å². The molecular formula is C20H30O4. The smallest absolute Gasteiger partial charge is 0.115 e. The average Bonchev–Trinajstić information content (AvgIpc) is 2.79. The lowest BCUT2D eigenvalue weighted by Crippen LogP contribution is -2.44. The molecule has 2 fully saturated rings. The third-order valence-corrected chi connectivity index (χ3v) is 6.68. The van der Waals surface area contributed by atoms with Crippen LogP contribution in [0.1, 0.15) is 56.6 Å². The highest BCUT2D eigenvalue weighted by molar-refractivity contribution is 5.40. The van der Waals surface area contributed by atoms with Crippen molar-refractivity contribution in [3.63, 3.8) is 0 Å². The molecule has 1 aromatic carbocycles. The number of phenolic OH excluding ortho intramolecular Hbond substituents is 1. The first kappa shape index (κ1) is 17.7. The van der Waals surface area contributed by atoms with E-state index in [0.29, 0.717) is 23.5 Å². The van der Waals surface area contributed by atoms with Gasteiger partial charge in [0.05, 0.1) is 12.2 Å². The summed E-state index contributed by atoms with van der Waals surface area (Å²) in [7, 11) is 0. The number of hydrogen-bond donors (Lipinski definition) is 4. The molecule has 24 heavy (non-hydrogen) atoms. The molecule has 0 heterocycles. The Balaban J connectivity index is 0.000000526. The zero-order chi connectivity index (χ0) is 17.5. The Morgan fingerprint density at radius 3 is 2.62 bits per heavy atom. The molecule has 0 aromatic heterocycles. The Kier molecular flexibility index (Phi) is 4.92. The number of rotatable bonds is 0. The standard InChI is InChI=1S/C18H24O3.C2H6O/c1-18-7-6-13-12-5-3-11(19)8-10(12)2-4-14(13)15(18)9-16(20)17(18)21;1-2-3/h3,5,8,13-17,19-21H,2,4,6-7,9H2,1H3;3H,2H2,1H3/t13-,14-,15+,16-,17+,18+;/m1./s1. The lowest BCUT2D eigenvalue weighted by molar-refractivity contribution is -0.0505. The van der Waals surface area contributed by atoms with E-state index in [-0.39, 0.29) is 12.0 Å². The number of fused-ring (bicyclic) bond motifs is 5. The maximum absolute atomic E-state index is 10.4. The third-order valence-electron chi connectivity index (χ3n) is 6.68. The molecule has 4 heteroatoms. The summed E-state index contributed by atoms with van der Waals surface area (Å²) in [6.45, 7) is 4.10. The lowest BCUT2D eigenvalue weighted by atomic mass is 9.55. The van der Waals surface area contributed by atoms with Crippen LogP contribution < -0.4 is 0 Å². The van der Waals surface area contributed by atoms with E-state index in [1.165, 1.54) is 11.1 Å². The van der Waals surface area contributed by atoms with Crippen LogP contribution in [0.2, 0.25) is 0 Å². The first-order chi connectivity index (χ1) is 11.4. The van der Waals surface area contributed by atoms with Gasteiger partial charge in [0.2, 0.25) is 0 Å². The minimum absolute atomic E-state index is 0.116. The molecule has 0 radical (unpaired) electrons. The van der Waals surface area contributed by atoms with Crippen LogP contribution in [0.25, 0.3) is 0 Å². The number of aromatic hydroxyl groups is 1. The molecule has 0 unspecified atom stereocenters. The lowest BCUT2D eigenvalue weighted by Gasteiger charge is -2.49. The van der Waals surface area contributed by atoms with Crippen molar-refractivity contribution in [1.82, 2.24) is 0 Å². The van der Waals surface area contributed by atoms with Gasteiger partial charge in [0, 0.05) is 6.61 Å². The maximum atomic E-state index is 10.4. The number of aryl methyl sites for hydroxylation is 1. The summed E-state index contributed by atoms with van der Waals surface area (Å²) >= 11 is 0. The van der Waals surface area contributed by atoms with Gasteiger partial charge in [-0.25, -0.2) is 0 Å². The summed E-state index contributed by atoms with van der Waals surface area (Å²) in [5.74, 6) is 1.88. The van der Waals surface area contributed by atoms with Gasteiger partial charge in [0.1, 0.15) is 5.75 Å². The molecule has 0 spiro atoms. The molecule has 134 valence electrons. The second-order valence-electron chi connectivity index (χ2n) is 7.91. The number of aliphatic hydroxyl groups is 3. The van der Waals surface area contributed by atoms with Gasteiger partial charge in [-0.1, -0.05) is 13.0 Å². The van der Waals surface area contributed by atoms with E-state index in [1.54, 1.807) is 13.0 Å². The topological polar surface area (TPSA) is 80.9 Å². The van der Waals surface area contributed by atoms with E-state index in [9.17, 15) is 15.3 Å². The van der Waals surface area contributed by atoms with Gasteiger partial charge in [-0.3, -0.25) is 0 Å². The van der Waals surface area contributed by atoms with Gasteiger partial charge in [-0.05, 0) is 85.5 Å². The van der Waals surface area contributed by atoms with Crippen molar-refractivity contribution in [3.05, 3.63) is 29.3 Å². The molecule has 4 nitrogen and oxygen atoms in total.